The van der Waals surface area contributed by atoms with Crippen molar-refractivity contribution in [3.8, 4) is 0 Å². The molecule has 1 amide bonds. The van der Waals surface area contributed by atoms with E-state index in [1.807, 2.05) is 37.3 Å². The van der Waals surface area contributed by atoms with E-state index >= 15 is 0 Å². The summed E-state index contributed by atoms with van der Waals surface area (Å²) in [6.45, 7) is 1.92. The van der Waals surface area contributed by atoms with Crippen LogP contribution in [0.25, 0.3) is 0 Å². The highest BCUT2D eigenvalue weighted by Crippen LogP contribution is 2.30. The van der Waals surface area contributed by atoms with Crippen molar-refractivity contribution in [1.82, 2.24) is 9.97 Å². The van der Waals surface area contributed by atoms with Crippen molar-refractivity contribution in [2.24, 2.45) is 5.92 Å². The Morgan fingerprint density at radius 2 is 1.85 bits per heavy atom. The molecule has 0 bridgehead atoms. The molecular weight excluding hydrogens is 252 g/mol. The Bertz CT molecular complexity index is 620. The van der Waals surface area contributed by atoms with Crippen molar-refractivity contribution in [1.29, 1.82) is 0 Å². The Hall–Kier alpha value is -2.43. The summed E-state index contributed by atoms with van der Waals surface area (Å²) in [7, 11) is 0. The lowest BCUT2D eigenvalue weighted by atomic mass is 10.2. The lowest BCUT2D eigenvalue weighted by Crippen LogP contribution is -2.13. The molecule has 5 heteroatoms. The Labute approximate surface area is 117 Å². The van der Waals surface area contributed by atoms with Crippen molar-refractivity contribution in [3.05, 3.63) is 42.4 Å². The van der Waals surface area contributed by atoms with Crippen LogP contribution in [-0.2, 0) is 4.79 Å². The fraction of sp³-hybridized carbons (Fsp3) is 0.267. The van der Waals surface area contributed by atoms with E-state index < -0.39 is 0 Å². The molecule has 1 aromatic carbocycles. The summed E-state index contributed by atoms with van der Waals surface area (Å²) in [4.78, 5) is 19.8. The summed E-state index contributed by atoms with van der Waals surface area (Å²) in [6, 6.07) is 9.48. The van der Waals surface area contributed by atoms with Gasteiger partial charge in [-0.1, -0.05) is 0 Å². The lowest BCUT2D eigenvalue weighted by molar-refractivity contribution is -0.117. The number of rotatable bonds is 4. The van der Waals surface area contributed by atoms with Gasteiger partial charge in [0.25, 0.3) is 0 Å². The number of hydrogen-bond acceptors (Lipinski definition) is 4. The first-order chi connectivity index (χ1) is 9.70. The van der Waals surface area contributed by atoms with Crippen LogP contribution in [0.4, 0.5) is 17.2 Å². The van der Waals surface area contributed by atoms with Gasteiger partial charge in [-0.15, -0.1) is 0 Å². The van der Waals surface area contributed by atoms with Gasteiger partial charge in [-0.2, -0.15) is 0 Å². The van der Waals surface area contributed by atoms with Crippen molar-refractivity contribution in [3.63, 3.8) is 0 Å². The zero-order valence-corrected chi connectivity index (χ0v) is 11.3. The first-order valence-corrected chi connectivity index (χ1v) is 6.67. The SMILES string of the molecule is Cc1cc(Nc2ccc(NC(=O)C3CC3)cc2)ncn1. The summed E-state index contributed by atoms with van der Waals surface area (Å²) >= 11 is 0. The Morgan fingerprint density at radius 3 is 2.50 bits per heavy atom. The zero-order chi connectivity index (χ0) is 13.9. The van der Waals surface area contributed by atoms with Crippen LogP contribution in [0.3, 0.4) is 0 Å². The summed E-state index contributed by atoms with van der Waals surface area (Å²) in [5, 5.41) is 6.11. The number of benzene rings is 1. The van der Waals surface area contributed by atoms with Crippen molar-refractivity contribution in [2.45, 2.75) is 19.8 Å². The Morgan fingerprint density at radius 1 is 1.15 bits per heavy atom. The van der Waals surface area contributed by atoms with Gasteiger partial charge in [0, 0.05) is 29.1 Å². The monoisotopic (exact) mass is 268 g/mol. The van der Waals surface area contributed by atoms with Gasteiger partial charge in [0.05, 0.1) is 0 Å². The van der Waals surface area contributed by atoms with Gasteiger partial charge in [0.15, 0.2) is 0 Å². The maximum Gasteiger partial charge on any atom is 0.227 e. The number of aromatic nitrogens is 2. The van der Waals surface area contributed by atoms with E-state index in [2.05, 4.69) is 20.6 Å². The van der Waals surface area contributed by atoms with E-state index in [1.54, 1.807) is 0 Å². The maximum atomic E-state index is 11.6. The van der Waals surface area contributed by atoms with Gasteiger partial charge in [-0.25, -0.2) is 9.97 Å². The third-order valence-electron chi connectivity index (χ3n) is 3.18. The molecular formula is C15H16N4O. The first kappa shape index (κ1) is 12.6. The predicted molar refractivity (Wildman–Crippen MR) is 77.8 cm³/mol. The molecule has 3 rings (SSSR count). The molecule has 2 aromatic rings. The van der Waals surface area contributed by atoms with Crippen molar-refractivity contribution >= 4 is 23.1 Å². The largest absolute Gasteiger partial charge is 0.340 e. The molecule has 2 N–H and O–H groups in total. The molecule has 1 aromatic heterocycles. The molecule has 0 unspecified atom stereocenters. The molecule has 0 atom stereocenters. The normalized spacial score (nSPS) is 13.8. The standard InChI is InChI=1S/C15H16N4O/c1-10-8-14(17-9-16-10)18-12-4-6-13(7-5-12)19-15(20)11-2-3-11/h4-9,11H,2-3H2,1H3,(H,19,20)(H,16,17,18). The number of carbonyl (C=O) groups is 1. The predicted octanol–water partition coefficient (Wildman–Crippen LogP) is 2.88. The van der Waals surface area contributed by atoms with Gasteiger partial charge in [-0.05, 0) is 44.0 Å². The molecule has 0 spiro atoms. The molecule has 0 saturated heterocycles. The van der Waals surface area contributed by atoms with Crippen LogP contribution in [0, 0.1) is 12.8 Å². The topological polar surface area (TPSA) is 66.9 Å². The highest BCUT2D eigenvalue weighted by molar-refractivity contribution is 5.94. The molecule has 5 nitrogen and oxygen atoms in total. The molecule has 20 heavy (non-hydrogen) atoms. The van der Waals surface area contributed by atoms with E-state index in [9.17, 15) is 4.79 Å². The number of amides is 1. The van der Waals surface area contributed by atoms with Gasteiger partial charge in [0.2, 0.25) is 5.91 Å². The molecule has 102 valence electrons. The van der Waals surface area contributed by atoms with Crippen LogP contribution in [0.5, 0.6) is 0 Å². The minimum absolute atomic E-state index is 0.122. The second kappa shape index (κ2) is 5.28. The fourth-order valence-corrected chi connectivity index (χ4v) is 1.90. The number of nitrogens with one attached hydrogen (secondary N) is 2. The third-order valence-corrected chi connectivity index (χ3v) is 3.18. The van der Waals surface area contributed by atoms with E-state index in [0.29, 0.717) is 0 Å². The van der Waals surface area contributed by atoms with E-state index in [-0.39, 0.29) is 11.8 Å². The van der Waals surface area contributed by atoms with Gasteiger partial charge in [-0.3, -0.25) is 4.79 Å². The number of carbonyl (C=O) groups excluding carboxylic acids is 1. The number of hydrogen-bond donors (Lipinski definition) is 2. The summed E-state index contributed by atoms with van der Waals surface area (Å²) < 4.78 is 0. The first-order valence-electron chi connectivity index (χ1n) is 6.67. The van der Waals surface area contributed by atoms with E-state index in [1.165, 1.54) is 6.33 Å². The zero-order valence-electron chi connectivity index (χ0n) is 11.3. The highest BCUT2D eigenvalue weighted by Gasteiger charge is 2.29. The Balaban J connectivity index is 1.65. The lowest BCUT2D eigenvalue weighted by Gasteiger charge is -2.08. The van der Waals surface area contributed by atoms with Crippen LogP contribution in [0.1, 0.15) is 18.5 Å². The van der Waals surface area contributed by atoms with Crippen molar-refractivity contribution < 1.29 is 4.79 Å². The number of aryl methyl sites for hydroxylation is 1. The van der Waals surface area contributed by atoms with Crippen LogP contribution in [0.2, 0.25) is 0 Å². The number of anilines is 3. The molecule has 1 saturated carbocycles. The second-order valence-electron chi connectivity index (χ2n) is 5.01. The third kappa shape index (κ3) is 3.12. The van der Waals surface area contributed by atoms with E-state index in [4.69, 9.17) is 0 Å². The average Bonchev–Trinajstić information content (AvgIpc) is 3.25. The summed E-state index contributed by atoms with van der Waals surface area (Å²) in [5.74, 6) is 1.10. The quantitative estimate of drug-likeness (QED) is 0.894. The average molecular weight is 268 g/mol. The summed E-state index contributed by atoms with van der Waals surface area (Å²) in [6.07, 6.45) is 3.55. The van der Waals surface area contributed by atoms with E-state index in [0.717, 1.165) is 35.7 Å². The molecule has 1 aliphatic carbocycles. The fourth-order valence-electron chi connectivity index (χ4n) is 1.90. The van der Waals surface area contributed by atoms with Gasteiger partial charge >= 0.3 is 0 Å². The molecule has 1 heterocycles. The van der Waals surface area contributed by atoms with Crippen LogP contribution in [-0.4, -0.2) is 15.9 Å². The molecule has 1 aliphatic rings. The van der Waals surface area contributed by atoms with Crippen molar-refractivity contribution in [2.75, 3.05) is 10.6 Å². The maximum absolute atomic E-state index is 11.6. The van der Waals surface area contributed by atoms with Gasteiger partial charge < -0.3 is 10.6 Å². The van der Waals surface area contributed by atoms with Gasteiger partial charge in [0.1, 0.15) is 12.1 Å². The Kier molecular flexibility index (Phi) is 3.33. The minimum atomic E-state index is 0.122. The summed E-state index contributed by atoms with van der Waals surface area (Å²) in [5.41, 5.74) is 2.66. The minimum Gasteiger partial charge on any atom is -0.340 e. The van der Waals surface area contributed by atoms with Crippen LogP contribution in [0.15, 0.2) is 36.7 Å². The molecule has 0 radical (unpaired) electrons. The molecule has 1 fully saturated rings. The second-order valence-corrected chi connectivity index (χ2v) is 5.01. The smallest absolute Gasteiger partial charge is 0.227 e. The van der Waals surface area contributed by atoms with Crippen LogP contribution >= 0.6 is 0 Å². The molecule has 0 aliphatic heterocycles. The van der Waals surface area contributed by atoms with Crippen LogP contribution < -0.4 is 10.6 Å². The highest BCUT2D eigenvalue weighted by atomic mass is 16.2. The number of nitrogens with zero attached hydrogens (tertiary/aromatic N) is 2.